The van der Waals surface area contributed by atoms with Crippen LogP contribution in [0.25, 0.3) is 0 Å². The Morgan fingerprint density at radius 2 is 2.17 bits per heavy atom. The number of hydrogen-bond donors (Lipinski definition) is 1. The van der Waals surface area contributed by atoms with Gasteiger partial charge in [0.1, 0.15) is 5.75 Å². The molecule has 1 heterocycles. The topological polar surface area (TPSA) is 58.6 Å². The van der Waals surface area contributed by atoms with Crippen molar-refractivity contribution in [1.82, 2.24) is 10.2 Å². The highest BCUT2D eigenvalue weighted by Crippen LogP contribution is 2.20. The molecule has 0 unspecified atom stereocenters. The average Bonchev–Trinajstić information content (AvgIpc) is 2.98. The average molecular weight is 332 g/mol. The summed E-state index contributed by atoms with van der Waals surface area (Å²) >= 11 is 0. The lowest BCUT2D eigenvalue weighted by atomic mass is 10.0. The van der Waals surface area contributed by atoms with Crippen molar-refractivity contribution >= 4 is 11.8 Å². The molecule has 24 heavy (non-hydrogen) atoms. The third kappa shape index (κ3) is 5.25. The van der Waals surface area contributed by atoms with Gasteiger partial charge in [-0.3, -0.25) is 9.59 Å². The van der Waals surface area contributed by atoms with E-state index in [1.54, 1.807) is 0 Å². The van der Waals surface area contributed by atoms with Gasteiger partial charge in [-0.1, -0.05) is 12.1 Å². The summed E-state index contributed by atoms with van der Waals surface area (Å²) in [6.45, 7) is 7.60. The second-order valence-electron chi connectivity index (χ2n) is 6.41. The van der Waals surface area contributed by atoms with Crippen molar-refractivity contribution in [3.05, 3.63) is 29.3 Å². The summed E-state index contributed by atoms with van der Waals surface area (Å²) in [5, 5.41) is 2.89. The van der Waals surface area contributed by atoms with Gasteiger partial charge < -0.3 is 15.0 Å². The summed E-state index contributed by atoms with van der Waals surface area (Å²) in [6.07, 6.45) is 3.14. The van der Waals surface area contributed by atoms with Crippen molar-refractivity contribution in [1.29, 1.82) is 0 Å². The zero-order chi connectivity index (χ0) is 17.5. The van der Waals surface area contributed by atoms with Gasteiger partial charge in [0.2, 0.25) is 11.8 Å². The molecule has 0 radical (unpaired) electrons. The minimum atomic E-state index is -0.0276. The maximum absolute atomic E-state index is 12.3. The van der Waals surface area contributed by atoms with Gasteiger partial charge in [0.15, 0.2) is 0 Å². The zero-order valence-electron chi connectivity index (χ0n) is 14.9. The van der Waals surface area contributed by atoms with Crippen LogP contribution in [0, 0.1) is 6.92 Å². The molecule has 0 aliphatic carbocycles. The highest BCUT2D eigenvalue weighted by molar-refractivity contribution is 5.77. The maximum atomic E-state index is 12.3. The molecule has 5 nitrogen and oxygen atoms in total. The molecule has 1 atom stereocenters. The summed E-state index contributed by atoms with van der Waals surface area (Å²) in [5.74, 6) is 1.09. The fraction of sp³-hybridized carbons (Fsp3) is 0.579. The van der Waals surface area contributed by atoms with Crippen LogP contribution in [0.3, 0.4) is 0 Å². The molecule has 0 aromatic heterocycles. The zero-order valence-corrected chi connectivity index (χ0v) is 14.9. The fourth-order valence-corrected chi connectivity index (χ4v) is 3.18. The molecule has 2 rings (SSSR count). The summed E-state index contributed by atoms with van der Waals surface area (Å²) in [4.78, 5) is 25.2. The molecule has 5 heteroatoms. The minimum absolute atomic E-state index is 0.0276. The smallest absolute Gasteiger partial charge is 0.222 e. The molecule has 1 aromatic carbocycles. The highest BCUT2D eigenvalue weighted by atomic mass is 16.5. The predicted octanol–water partition coefficient (Wildman–Crippen LogP) is 2.45. The van der Waals surface area contributed by atoms with Crippen LogP contribution in [0.1, 0.15) is 44.2 Å². The Balaban J connectivity index is 1.75. The first-order valence-electron chi connectivity index (χ1n) is 8.76. The number of nitrogens with zero attached hydrogens (tertiary/aromatic N) is 1. The van der Waals surface area contributed by atoms with Gasteiger partial charge in [0.05, 0.1) is 6.61 Å². The molecule has 1 N–H and O–H groups in total. The van der Waals surface area contributed by atoms with Crippen molar-refractivity contribution < 1.29 is 14.3 Å². The number of benzene rings is 1. The number of amides is 2. The standard InChI is InChI=1S/C19H28N2O3/c1-4-24-18-9-8-16(12-14(18)2)6-5-7-19(23)21-11-10-17(13-21)20-15(3)22/h8-9,12,17H,4-7,10-11,13H2,1-3H3,(H,20,22)/t17-/m0/s1. The Kier molecular flexibility index (Phi) is 6.64. The Hall–Kier alpha value is -2.04. The SMILES string of the molecule is CCOc1ccc(CCCC(=O)N2CC[C@H](NC(C)=O)C2)cc1C. The van der Waals surface area contributed by atoms with Crippen LogP contribution in [-0.4, -0.2) is 42.5 Å². The van der Waals surface area contributed by atoms with E-state index in [1.807, 2.05) is 24.8 Å². The van der Waals surface area contributed by atoms with Gasteiger partial charge in [0, 0.05) is 32.5 Å². The Morgan fingerprint density at radius 1 is 1.38 bits per heavy atom. The number of ether oxygens (including phenoxy) is 1. The third-order valence-electron chi connectivity index (χ3n) is 4.34. The number of rotatable bonds is 7. The van der Waals surface area contributed by atoms with Gasteiger partial charge in [-0.15, -0.1) is 0 Å². The molecule has 1 aliphatic heterocycles. The lowest BCUT2D eigenvalue weighted by Crippen LogP contribution is -2.37. The van der Waals surface area contributed by atoms with Crippen LogP contribution < -0.4 is 10.1 Å². The van der Waals surface area contributed by atoms with E-state index in [9.17, 15) is 9.59 Å². The molecule has 0 spiro atoms. The molecule has 1 saturated heterocycles. The summed E-state index contributed by atoms with van der Waals surface area (Å²) in [7, 11) is 0. The largest absolute Gasteiger partial charge is 0.494 e. The van der Waals surface area contributed by atoms with Gasteiger partial charge in [-0.2, -0.15) is 0 Å². The lowest BCUT2D eigenvalue weighted by molar-refractivity contribution is -0.130. The second kappa shape index (κ2) is 8.71. The van der Waals surface area contributed by atoms with Crippen molar-refractivity contribution in [2.24, 2.45) is 0 Å². The Labute approximate surface area is 144 Å². The first kappa shape index (κ1) is 18.3. The lowest BCUT2D eigenvalue weighted by Gasteiger charge is -2.17. The minimum Gasteiger partial charge on any atom is -0.494 e. The predicted molar refractivity (Wildman–Crippen MR) is 94.1 cm³/mol. The summed E-state index contributed by atoms with van der Waals surface area (Å²) in [5.41, 5.74) is 2.37. The number of carbonyl (C=O) groups is 2. The van der Waals surface area contributed by atoms with E-state index in [-0.39, 0.29) is 17.9 Å². The fourth-order valence-electron chi connectivity index (χ4n) is 3.18. The molecule has 132 valence electrons. The molecular weight excluding hydrogens is 304 g/mol. The number of aryl methyl sites for hydroxylation is 2. The van der Waals surface area contributed by atoms with Crippen LogP contribution in [0.5, 0.6) is 5.75 Å². The van der Waals surface area contributed by atoms with E-state index in [2.05, 4.69) is 17.4 Å². The first-order chi connectivity index (χ1) is 11.5. The van der Waals surface area contributed by atoms with E-state index in [1.165, 1.54) is 12.5 Å². The summed E-state index contributed by atoms with van der Waals surface area (Å²) in [6, 6.07) is 6.33. The molecule has 0 saturated carbocycles. The van der Waals surface area contributed by atoms with Crippen molar-refractivity contribution in [3.8, 4) is 5.75 Å². The Morgan fingerprint density at radius 3 is 2.83 bits per heavy atom. The highest BCUT2D eigenvalue weighted by Gasteiger charge is 2.26. The van der Waals surface area contributed by atoms with Crippen molar-refractivity contribution in [3.63, 3.8) is 0 Å². The summed E-state index contributed by atoms with van der Waals surface area (Å²) < 4.78 is 5.55. The normalized spacial score (nSPS) is 17.0. The van der Waals surface area contributed by atoms with Gasteiger partial charge in [-0.25, -0.2) is 0 Å². The molecule has 1 aromatic rings. The van der Waals surface area contributed by atoms with Gasteiger partial charge in [0.25, 0.3) is 0 Å². The van der Waals surface area contributed by atoms with Crippen LogP contribution in [0.4, 0.5) is 0 Å². The number of hydrogen-bond acceptors (Lipinski definition) is 3. The van der Waals surface area contributed by atoms with E-state index in [0.29, 0.717) is 19.6 Å². The van der Waals surface area contributed by atoms with Crippen molar-refractivity contribution in [2.45, 2.75) is 52.5 Å². The van der Waals surface area contributed by atoms with Crippen LogP contribution in [0.15, 0.2) is 18.2 Å². The number of nitrogens with one attached hydrogen (secondary N) is 1. The second-order valence-corrected chi connectivity index (χ2v) is 6.41. The maximum Gasteiger partial charge on any atom is 0.222 e. The van der Waals surface area contributed by atoms with Gasteiger partial charge >= 0.3 is 0 Å². The molecule has 1 aliphatic rings. The van der Waals surface area contributed by atoms with Crippen LogP contribution in [0.2, 0.25) is 0 Å². The van der Waals surface area contributed by atoms with Crippen LogP contribution in [-0.2, 0) is 16.0 Å². The molecule has 0 bridgehead atoms. The Bertz CT molecular complexity index is 586. The van der Waals surface area contributed by atoms with E-state index in [4.69, 9.17) is 4.74 Å². The van der Waals surface area contributed by atoms with E-state index >= 15 is 0 Å². The third-order valence-corrected chi connectivity index (χ3v) is 4.34. The molecule has 1 fully saturated rings. The van der Waals surface area contributed by atoms with E-state index in [0.717, 1.165) is 37.1 Å². The monoisotopic (exact) mass is 332 g/mol. The quantitative estimate of drug-likeness (QED) is 0.834. The first-order valence-corrected chi connectivity index (χ1v) is 8.76. The van der Waals surface area contributed by atoms with Gasteiger partial charge in [-0.05, 0) is 50.3 Å². The number of carbonyl (C=O) groups excluding carboxylic acids is 2. The number of likely N-dealkylation sites (tertiary alicyclic amines) is 1. The van der Waals surface area contributed by atoms with E-state index < -0.39 is 0 Å². The van der Waals surface area contributed by atoms with Crippen molar-refractivity contribution in [2.75, 3.05) is 19.7 Å². The van der Waals surface area contributed by atoms with Crippen LogP contribution >= 0.6 is 0 Å². The molecular formula is C19H28N2O3. The molecule has 2 amide bonds.